The number of carbonyl (C=O) groups is 2. The van der Waals surface area contributed by atoms with Crippen molar-refractivity contribution in [2.75, 3.05) is 0 Å². The van der Waals surface area contributed by atoms with E-state index in [9.17, 15) is 9.59 Å². The highest BCUT2D eigenvalue weighted by atomic mass is 16.2. The average molecular weight is 278 g/mol. The maximum absolute atomic E-state index is 12.4. The Labute approximate surface area is 119 Å². The summed E-state index contributed by atoms with van der Waals surface area (Å²) < 4.78 is 1.87. The van der Waals surface area contributed by atoms with Crippen molar-refractivity contribution in [3.05, 3.63) is 17.5 Å². The lowest BCUT2D eigenvalue weighted by molar-refractivity contribution is -0.155. The summed E-state index contributed by atoms with van der Waals surface area (Å²) in [6.45, 7) is 10.3. The molecule has 20 heavy (non-hydrogen) atoms. The average Bonchev–Trinajstić information content (AvgIpc) is 2.73. The molecule has 1 atom stereocenters. The molecule has 1 unspecified atom stereocenters. The normalized spacial score (nSPS) is 22.1. The van der Waals surface area contributed by atoms with Gasteiger partial charge >= 0.3 is 0 Å². The van der Waals surface area contributed by atoms with Gasteiger partial charge in [0.15, 0.2) is 0 Å². The molecule has 2 rings (SSSR count). The predicted octanol–water partition coefficient (Wildman–Crippen LogP) is 0.837. The fourth-order valence-electron chi connectivity index (χ4n) is 2.50. The fourth-order valence-corrected chi connectivity index (χ4v) is 2.50. The van der Waals surface area contributed by atoms with Crippen LogP contribution in [0.5, 0.6) is 0 Å². The van der Waals surface area contributed by atoms with Crippen LogP contribution in [-0.4, -0.2) is 38.1 Å². The van der Waals surface area contributed by atoms with Gasteiger partial charge in [0.25, 0.3) is 0 Å². The molecule has 6 nitrogen and oxygen atoms in total. The standard InChI is InChI=1S/C14H22N4O2/c1-6-18-11(7-9(2)16-18)8-17-12(19)10(3)15-13(20)14(17,4)5/h7,10H,6,8H2,1-5H3,(H,15,20). The zero-order valence-electron chi connectivity index (χ0n) is 12.7. The summed E-state index contributed by atoms with van der Waals surface area (Å²) >= 11 is 0. The van der Waals surface area contributed by atoms with Crippen LogP contribution in [0.3, 0.4) is 0 Å². The minimum atomic E-state index is -0.847. The number of hydrogen-bond acceptors (Lipinski definition) is 3. The summed E-state index contributed by atoms with van der Waals surface area (Å²) in [5.41, 5.74) is 1.02. The minimum Gasteiger partial charge on any atom is -0.343 e. The van der Waals surface area contributed by atoms with Crippen molar-refractivity contribution in [3.8, 4) is 0 Å². The summed E-state index contributed by atoms with van der Waals surface area (Å²) in [4.78, 5) is 26.1. The van der Waals surface area contributed by atoms with Crippen LogP contribution in [0.2, 0.25) is 0 Å². The Balaban J connectivity index is 2.33. The molecule has 0 spiro atoms. The van der Waals surface area contributed by atoms with Gasteiger partial charge < -0.3 is 10.2 Å². The second-order valence-corrected chi connectivity index (χ2v) is 5.77. The smallest absolute Gasteiger partial charge is 0.246 e. The fraction of sp³-hybridized carbons (Fsp3) is 0.643. The summed E-state index contributed by atoms with van der Waals surface area (Å²) in [5, 5.41) is 7.10. The zero-order chi connectivity index (χ0) is 15.1. The van der Waals surface area contributed by atoms with E-state index in [1.54, 1.807) is 25.7 Å². The van der Waals surface area contributed by atoms with Crippen LogP contribution in [0.1, 0.15) is 39.1 Å². The first-order valence-electron chi connectivity index (χ1n) is 6.93. The van der Waals surface area contributed by atoms with Gasteiger partial charge in [0.05, 0.1) is 17.9 Å². The highest BCUT2D eigenvalue weighted by molar-refractivity contribution is 5.99. The lowest BCUT2D eigenvalue weighted by atomic mass is 9.96. The van der Waals surface area contributed by atoms with Crippen LogP contribution >= 0.6 is 0 Å². The molecule has 6 heteroatoms. The molecular formula is C14H22N4O2. The Morgan fingerprint density at radius 1 is 1.40 bits per heavy atom. The predicted molar refractivity (Wildman–Crippen MR) is 74.9 cm³/mol. The van der Waals surface area contributed by atoms with E-state index in [1.165, 1.54) is 0 Å². The molecule has 1 aliphatic rings. The van der Waals surface area contributed by atoms with Gasteiger partial charge in [-0.25, -0.2) is 0 Å². The van der Waals surface area contributed by atoms with Gasteiger partial charge in [-0.3, -0.25) is 14.3 Å². The lowest BCUT2D eigenvalue weighted by Gasteiger charge is -2.43. The van der Waals surface area contributed by atoms with E-state index in [0.29, 0.717) is 6.54 Å². The molecule has 2 amide bonds. The second-order valence-electron chi connectivity index (χ2n) is 5.77. The largest absolute Gasteiger partial charge is 0.343 e. The number of amides is 2. The number of nitrogens with one attached hydrogen (secondary N) is 1. The van der Waals surface area contributed by atoms with Crippen molar-refractivity contribution in [3.63, 3.8) is 0 Å². The molecule has 1 aromatic rings. The van der Waals surface area contributed by atoms with Crippen molar-refractivity contribution >= 4 is 11.8 Å². The Kier molecular flexibility index (Phi) is 3.58. The van der Waals surface area contributed by atoms with Crippen LogP contribution in [0.15, 0.2) is 6.07 Å². The maximum Gasteiger partial charge on any atom is 0.246 e. The van der Waals surface area contributed by atoms with Crippen molar-refractivity contribution in [2.24, 2.45) is 0 Å². The van der Waals surface area contributed by atoms with Gasteiger partial charge in [-0.1, -0.05) is 0 Å². The van der Waals surface area contributed by atoms with Gasteiger partial charge in [-0.15, -0.1) is 0 Å². The summed E-state index contributed by atoms with van der Waals surface area (Å²) in [6.07, 6.45) is 0. The first kappa shape index (κ1) is 14.6. The molecular weight excluding hydrogens is 256 g/mol. The molecule has 0 aliphatic carbocycles. The number of nitrogens with zero attached hydrogens (tertiary/aromatic N) is 3. The summed E-state index contributed by atoms with van der Waals surface area (Å²) in [6, 6.07) is 1.49. The Hall–Kier alpha value is -1.85. The van der Waals surface area contributed by atoms with Crippen molar-refractivity contribution < 1.29 is 9.59 Å². The molecule has 1 fully saturated rings. The van der Waals surface area contributed by atoms with Crippen molar-refractivity contribution in [1.82, 2.24) is 20.0 Å². The summed E-state index contributed by atoms with van der Waals surface area (Å²) in [5.74, 6) is -0.181. The second kappa shape index (κ2) is 4.92. The maximum atomic E-state index is 12.4. The molecule has 0 bridgehead atoms. The Bertz CT molecular complexity index is 547. The lowest BCUT2D eigenvalue weighted by Crippen LogP contribution is -2.67. The number of aromatic nitrogens is 2. The molecule has 2 heterocycles. The van der Waals surface area contributed by atoms with Gasteiger partial charge in [0, 0.05) is 6.54 Å². The third kappa shape index (κ3) is 2.30. The number of piperazine rings is 1. The molecule has 1 N–H and O–H groups in total. The van der Waals surface area contributed by atoms with Crippen LogP contribution in [0.4, 0.5) is 0 Å². The third-order valence-electron chi connectivity index (χ3n) is 3.82. The monoisotopic (exact) mass is 278 g/mol. The van der Waals surface area contributed by atoms with E-state index in [2.05, 4.69) is 10.4 Å². The van der Waals surface area contributed by atoms with E-state index in [-0.39, 0.29) is 11.8 Å². The van der Waals surface area contributed by atoms with E-state index in [0.717, 1.165) is 17.9 Å². The van der Waals surface area contributed by atoms with Crippen LogP contribution in [0, 0.1) is 6.92 Å². The number of rotatable bonds is 3. The minimum absolute atomic E-state index is 0.0592. The SMILES string of the molecule is CCn1nc(C)cc1CN1C(=O)C(C)NC(=O)C1(C)C. The molecule has 0 radical (unpaired) electrons. The van der Waals surface area contributed by atoms with Gasteiger partial charge in [-0.05, 0) is 40.7 Å². The molecule has 110 valence electrons. The number of aryl methyl sites for hydroxylation is 2. The molecule has 0 saturated carbocycles. The van der Waals surface area contributed by atoms with Crippen LogP contribution in [-0.2, 0) is 22.7 Å². The zero-order valence-corrected chi connectivity index (χ0v) is 12.7. The molecule has 1 saturated heterocycles. The topological polar surface area (TPSA) is 67.2 Å². The van der Waals surface area contributed by atoms with E-state index in [1.807, 2.05) is 24.6 Å². The Morgan fingerprint density at radius 3 is 2.65 bits per heavy atom. The highest BCUT2D eigenvalue weighted by Gasteiger charge is 2.44. The van der Waals surface area contributed by atoms with Gasteiger partial charge in [-0.2, -0.15) is 5.10 Å². The van der Waals surface area contributed by atoms with E-state index >= 15 is 0 Å². The first-order chi connectivity index (χ1) is 9.27. The van der Waals surface area contributed by atoms with E-state index < -0.39 is 11.6 Å². The summed E-state index contributed by atoms with van der Waals surface area (Å²) in [7, 11) is 0. The van der Waals surface area contributed by atoms with Crippen LogP contribution in [0.25, 0.3) is 0 Å². The number of hydrogen-bond donors (Lipinski definition) is 1. The third-order valence-corrected chi connectivity index (χ3v) is 3.82. The van der Waals surface area contributed by atoms with E-state index in [4.69, 9.17) is 0 Å². The van der Waals surface area contributed by atoms with Crippen molar-refractivity contribution in [2.45, 2.75) is 59.3 Å². The molecule has 1 aliphatic heterocycles. The first-order valence-corrected chi connectivity index (χ1v) is 6.93. The van der Waals surface area contributed by atoms with Crippen molar-refractivity contribution in [1.29, 1.82) is 0 Å². The number of carbonyl (C=O) groups excluding carboxylic acids is 2. The van der Waals surface area contributed by atoms with Gasteiger partial charge in [0.2, 0.25) is 11.8 Å². The Morgan fingerprint density at radius 2 is 2.05 bits per heavy atom. The quantitative estimate of drug-likeness (QED) is 0.891. The highest BCUT2D eigenvalue weighted by Crippen LogP contribution is 2.23. The molecule has 1 aromatic heterocycles. The molecule has 0 aromatic carbocycles. The van der Waals surface area contributed by atoms with Crippen LogP contribution < -0.4 is 5.32 Å². The van der Waals surface area contributed by atoms with Gasteiger partial charge in [0.1, 0.15) is 11.6 Å².